The molecule has 4 heteroatoms. The first-order valence-corrected chi connectivity index (χ1v) is 8.37. The maximum atomic E-state index is 12.7. The zero-order valence-corrected chi connectivity index (χ0v) is 12.9. The van der Waals surface area contributed by atoms with Gasteiger partial charge in [-0.05, 0) is 30.4 Å². The fourth-order valence-electron chi connectivity index (χ4n) is 3.36. The van der Waals surface area contributed by atoms with Crippen molar-refractivity contribution in [3.63, 3.8) is 0 Å². The van der Waals surface area contributed by atoms with E-state index in [2.05, 4.69) is 36.2 Å². The van der Waals surface area contributed by atoms with Gasteiger partial charge in [-0.3, -0.25) is 4.79 Å². The van der Waals surface area contributed by atoms with Gasteiger partial charge >= 0.3 is 0 Å². The first-order valence-electron chi connectivity index (χ1n) is 7.49. The lowest BCUT2D eigenvalue weighted by atomic mass is 10.0. The highest BCUT2D eigenvalue weighted by atomic mass is 32.1. The summed E-state index contributed by atoms with van der Waals surface area (Å²) in [6, 6.07) is 8.45. The Morgan fingerprint density at radius 1 is 1.38 bits per heavy atom. The SMILES string of the molecule is Cc1ccccc1[C@@H]1C[C@H]1C(=O)N1CCc2ncsc2C1. The van der Waals surface area contributed by atoms with E-state index in [9.17, 15) is 4.79 Å². The second kappa shape index (κ2) is 4.95. The highest BCUT2D eigenvalue weighted by Gasteiger charge is 2.46. The van der Waals surface area contributed by atoms with Crippen molar-refractivity contribution in [1.82, 2.24) is 9.88 Å². The van der Waals surface area contributed by atoms with Crippen LogP contribution >= 0.6 is 11.3 Å². The quantitative estimate of drug-likeness (QED) is 0.853. The van der Waals surface area contributed by atoms with Crippen LogP contribution in [0.25, 0.3) is 0 Å². The smallest absolute Gasteiger partial charge is 0.226 e. The Bertz CT molecular complexity index is 694. The standard InChI is InChI=1S/C17H18N2OS/c1-11-4-2-3-5-12(11)13-8-14(13)17(20)19-7-6-15-16(9-19)21-10-18-15/h2-5,10,13-14H,6-9H2,1H3/t13-,14+/m0/s1. The molecule has 3 nitrogen and oxygen atoms in total. The minimum absolute atomic E-state index is 0.195. The molecule has 0 N–H and O–H groups in total. The lowest BCUT2D eigenvalue weighted by molar-refractivity contribution is -0.133. The number of hydrogen-bond acceptors (Lipinski definition) is 3. The van der Waals surface area contributed by atoms with Crippen molar-refractivity contribution in [2.45, 2.75) is 32.2 Å². The zero-order chi connectivity index (χ0) is 14.4. The van der Waals surface area contributed by atoms with E-state index in [0.29, 0.717) is 11.8 Å². The number of thiazole rings is 1. The summed E-state index contributed by atoms with van der Waals surface area (Å²) in [6.45, 7) is 3.72. The first kappa shape index (κ1) is 13.0. The molecule has 1 saturated carbocycles. The predicted molar refractivity (Wildman–Crippen MR) is 83.3 cm³/mol. The van der Waals surface area contributed by atoms with E-state index in [1.165, 1.54) is 21.7 Å². The maximum absolute atomic E-state index is 12.7. The van der Waals surface area contributed by atoms with Crippen LogP contribution in [0.1, 0.15) is 34.0 Å². The fourth-order valence-corrected chi connectivity index (χ4v) is 4.18. The Balaban J connectivity index is 1.47. The molecule has 0 saturated heterocycles. The van der Waals surface area contributed by atoms with Crippen LogP contribution in [-0.2, 0) is 17.8 Å². The summed E-state index contributed by atoms with van der Waals surface area (Å²) < 4.78 is 0. The van der Waals surface area contributed by atoms with Gasteiger partial charge in [0.2, 0.25) is 5.91 Å². The monoisotopic (exact) mass is 298 g/mol. The topological polar surface area (TPSA) is 33.2 Å². The van der Waals surface area contributed by atoms with Crippen LogP contribution in [0.5, 0.6) is 0 Å². The number of amides is 1. The molecule has 1 aliphatic heterocycles. The highest BCUT2D eigenvalue weighted by Crippen LogP contribution is 2.49. The van der Waals surface area contributed by atoms with Crippen molar-refractivity contribution in [2.24, 2.45) is 5.92 Å². The van der Waals surface area contributed by atoms with Crippen molar-refractivity contribution in [3.05, 3.63) is 51.5 Å². The van der Waals surface area contributed by atoms with Gasteiger partial charge in [0.05, 0.1) is 17.7 Å². The Kier molecular flexibility index (Phi) is 3.07. The van der Waals surface area contributed by atoms with E-state index in [0.717, 1.165) is 25.9 Å². The Morgan fingerprint density at radius 3 is 3.10 bits per heavy atom. The highest BCUT2D eigenvalue weighted by molar-refractivity contribution is 7.09. The van der Waals surface area contributed by atoms with Crippen LogP contribution < -0.4 is 0 Å². The van der Waals surface area contributed by atoms with Crippen LogP contribution in [-0.4, -0.2) is 22.3 Å². The second-order valence-corrected chi connectivity index (χ2v) is 6.98. The summed E-state index contributed by atoms with van der Waals surface area (Å²) in [5, 5.41) is 0. The molecular weight excluding hydrogens is 280 g/mol. The normalized spacial score (nSPS) is 23.8. The van der Waals surface area contributed by atoms with E-state index in [1.54, 1.807) is 11.3 Å². The number of benzene rings is 1. The number of rotatable bonds is 2. The summed E-state index contributed by atoms with van der Waals surface area (Å²) >= 11 is 1.67. The molecular formula is C17H18N2OS. The van der Waals surface area contributed by atoms with Gasteiger partial charge in [-0.25, -0.2) is 4.98 Å². The summed E-state index contributed by atoms with van der Waals surface area (Å²) in [4.78, 5) is 20.4. The van der Waals surface area contributed by atoms with Gasteiger partial charge < -0.3 is 4.90 Å². The van der Waals surface area contributed by atoms with Gasteiger partial charge in [0.15, 0.2) is 0 Å². The van der Waals surface area contributed by atoms with Gasteiger partial charge in [-0.1, -0.05) is 24.3 Å². The van der Waals surface area contributed by atoms with Gasteiger partial charge in [0.25, 0.3) is 0 Å². The van der Waals surface area contributed by atoms with Crippen LogP contribution in [0.2, 0.25) is 0 Å². The summed E-state index contributed by atoms with van der Waals surface area (Å²) in [6.07, 6.45) is 1.92. The molecule has 1 amide bonds. The lowest BCUT2D eigenvalue weighted by Gasteiger charge is -2.26. The van der Waals surface area contributed by atoms with E-state index < -0.39 is 0 Å². The minimum Gasteiger partial charge on any atom is -0.337 e. The molecule has 2 heterocycles. The van der Waals surface area contributed by atoms with E-state index in [4.69, 9.17) is 0 Å². The average Bonchev–Trinajstić information content (AvgIpc) is 3.15. The number of aryl methyl sites for hydroxylation is 1. The lowest BCUT2D eigenvalue weighted by Crippen LogP contribution is -2.36. The fraction of sp³-hybridized carbons (Fsp3) is 0.412. The van der Waals surface area contributed by atoms with Crippen molar-refractivity contribution >= 4 is 17.2 Å². The molecule has 1 aromatic carbocycles. The van der Waals surface area contributed by atoms with Gasteiger partial charge in [-0.2, -0.15) is 0 Å². The molecule has 0 spiro atoms. The van der Waals surface area contributed by atoms with Crippen molar-refractivity contribution in [3.8, 4) is 0 Å². The zero-order valence-electron chi connectivity index (χ0n) is 12.1. The summed E-state index contributed by atoms with van der Waals surface area (Å²) in [7, 11) is 0. The number of carbonyl (C=O) groups is 1. The maximum Gasteiger partial charge on any atom is 0.226 e. The van der Waals surface area contributed by atoms with E-state index in [-0.39, 0.29) is 5.92 Å². The van der Waals surface area contributed by atoms with E-state index in [1.807, 2.05) is 10.4 Å². The third-order valence-corrected chi connectivity index (χ3v) is 5.55. The van der Waals surface area contributed by atoms with Gasteiger partial charge in [0.1, 0.15) is 0 Å². The molecule has 4 rings (SSSR count). The number of carbonyl (C=O) groups excluding carboxylic acids is 1. The van der Waals surface area contributed by atoms with Crippen LogP contribution in [0.15, 0.2) is 29.8 Å². The Morgan fingerprint density at radius 2 is 2.24 bits per heavy atom. The minimum atomic E-state index is 0.195. The molecule has 0 bridgehead atoms. The third kappa shape index (κ3) is 2.27. The second-order valence-electron chi connectivity index (χ2n) is 6.04. The summed E-state index contributed by atoms with van der Waals surface area (Å²) in [5.74, 6) is 0.962. The molecule has 108 valence electrons. The third-order valence-electron chi connectivity index (χ3n) is 4.69. The first-order chi connectivity index (χ1) is 10.2. The average molecular weight is 298 g/mol. The van der Waals surface area contributed by atoms with Crippen molar-refractivity contribution < 1.29 is 4.79 Å². The molecule has 1 aliphatic carbocycles. The molecule has 2 aromatic rings. The van der Waals surface area contributed by atoms with Gasteiger partial charge in [-0.15, -0.1) is 11.3 Å². The number of nitrogens with zero attached hydrogens (tertiary/aromatic N) is 2. The Hall–Kier alpha value is -1.68. The molecule has 1 aromatic heterocycles. The molecule has 1 fully saturated rings. The Labute approximate surface area is 128 Å². The van der Waals surface area contributed by atoms with E-state index >= 15 is 0 Å². The van der Waals surface area contributed by atoms with Crippen molar-refractivity contribution in [2.75, 3.05) is 6.54 Å². The molecule has 0 radical (unpaired) electrons. The largest absolute Gasteiger partial charge is 0.337 e. The summed E-state index contributed by atoms with van der Waals surface area (Å²) in [5.41, 5.74) is 5.74. The van der Waals surface area contributed by atoms with Gasteiger partial charge in [0, 0.05) is 23.8 Å². The molecule has 0 unspecified atom stereocenters. The predicted octanol–water partition coefficient (Wildman–Crippen LogP) is 3.14. The van der Waals surface area contributed by atoms with Crippen molar-refractivity contribution in [1.29, 1.82) is 0 Å². The molecule has 21 heavy (non-hydrogen) atoms. The molecule has 2 atom stereocenters. The number of fused-ring (bicyclic) bond motifs is 1. The van der Waals surface area contributed by atoms with Crippen LogP contribution in [0.3, 0.4) is 0 Å². The van der Waals surface area contributed by atoms with Crippen LogP contribution in [0.4, 0.5) is 0 Å². The molecule has 2 aliphatic rings. The van der Waals surface area contributed by atoms with Crippen LogP contribution in [0, 0.1) is 12.8 Å². The number of aromatic nitrogens is 1. The number of hydrogen-bond donors (Lipinski definition) is 0.